The van der Waals surface area contributed by atoms with Crippen molar-refractivity contribution in [3.8, 4) is 0 Å². The molecule has 0 aliphatic rings. The fourth-order valence-electron chi connectivity index (χ4n) is 1.30. The first-order valence-corrected chi connectivity index (χ1v) is 4.73. The molecule has 0 bridgehead atoms. The van der Waals surface area contributed by atoms with Gasteiger partial charge in [-0.2, -0.15) is 0 Å². The minimum atomic E-state index is -0.499. The van der Waals surface area contributed by atoms with Crippen molar-refractivity contribution in [1.82, 2.24) is 0 Å². The summed E-state index contributed by atoms with van der Waals surface area (Å²) in [6.45, 7) is 1.35. The Bertz CT molecular complexity index is 422. The van der Waals surface area contributed by atoms with Crippen LogP contribution in [0.3, 0.4) is 0 Å². The third-order valence-corrected chi connectivity index (χ3v) is 1.99. The Kier molecular flexibility index (Phi) is 3.88. The Morgan fingerprint density at radius 2 is 1.81 bits per heavy atom. The molecule has 0 aromatic heterocycles. The Hall–Kier alpha value is -2.04. The van der Waals surface area contributed by atoms with Crippen LogP contribution in [0.25, 0.3) is 0 Å². The number of non-ortho nitro benzene ring substituents is 1. The van der Waals surface area contributed by atoms with Gasteiger partial charge in [0.2, 0.25) is 0 Å². The summed E-state index contributed by atoms with van der Waals surface area (Å²) in [5, 5.41) is 10.4. The summed E-state index contributed by atoms with van der Waals surface area (Å²) in [7, 11) is 0. The average molecular weight is 221 g/mol. The summed E-state index contributed by atoms with van der Waals surface area (Å²) in [5.41, 5.74) is 0.666. The first kappa shape index (κ1) is 12.0. The molecule has 0 saturated carbocycles. The van der Waals surface area contributed by atoms with Gasteiger partial charge in [-0.15, -0.1) is 0 Å². The van der Waals surface area contributed by atoms with Gasteiger partial charge in [-0.25, -0.2) is 0 Å². The topological polar surface area (TPSA) is 77.3 Å². The van der Waals surface area contributed by atoms with Crippen molar-refractivity contribution >= 4 is 17.3 Å². The molecule has 0 unspecified atom stereocenters. The highest BCUT2D eigenvalue weighted by atomic mass is 16.6. The minimum Gasteiger partial charge on any atom is -0.300 e. The summed E-state index contributed by atoms with van der Waals surface area (Å²) < 4.78 is 0. The maximum atomic E-state index is 11.3. The zero-order chi connectivity index (χ0) is 12.1. The second kappa shape index (κ2) is 5.16. The number of Topliss-reactive ketones (excluding diaryl/α,β-unsaturated/α-hetero) is 2. The predicted molar refractivity (Wildman–Crippen MR) is 57.1 cm³/mol. The monoisotopic (exact) mass is 221 g/mol. The molecule has 5 heteroatoms. The maximum absolute atomic E-state index is 11.3. The zero-order valence-electron chi connectivity index (χ0n) is 8.80. The van der Waals surface area contributed by atoms with Crippen molar-refractivity contribution in [2.24, 2.45) is 0 Å². The Morgan fingerprint density at radius 1 is 1.25 bits per heavy atom. The molecule has 0 spiro atoms. The van der Waals surface area contributed by atoms with E-state index in [9.17, 15) is 19.7 Å². The molecule has 0 radical (unpaired) electrons. The number of nitro benzene ring substituents is 1. The van der Waals surface area contributed by atoms with Crippen LogP contribution >= 0.6 is 0 Å². The Labute approximate surface area is 92.2 Å². The van der Waals surface area contributed by atoms with Crippen molar-refractivity contribution < 1.29 is 14.5 Å². The molecule has 1 aromatic carbocycles. The van der Waals surface area contributed by atoms with Crippen molar-refractivity contribution in [2.45, 2.75) is 19.8 Å². The molecule has 0 aliphatic heterocycles. The summed E-state index contributed by atoms with van der Waals surface area (Å²) in [4.78, 5) is 31.8. The Balaban J connectivity index is 2.65. The first-order valence-electron chi connectivity index (χ1n) is 4.73. The number of hydrogen-bond donors (Lipinski definition) is 0. The summed E-state index contributed by atoms with van der Waals surface area (Å²) in [5.74, 6) is -0.353. The molecule has 84 valence electrons. The predicted octanol–water partition coefficient (Wildman–Crippen LogP) is 1.69. The third-order valence-electron chi connectivity index (χ3n) is 1.99. The second-order valence-electron chi connectivity index (χ2n) is 3.52. The van der Waals surface area contributed by atoms with Crippen LogP contribution in [-0.2, 0) is 16.0 Å². The van der Waals surface area contributed by atoms with Gasteiger partial charge in [-0.3, -0.25) is 19.7 Å². The third kappa shape index (κ3) is 3.61. The number of hydrogen-bond acceptors (Lipinski definition) is 4. The van der Waals surface area contributed by atoms with Gasteiger partial charge in [0.1, 0.15) is 11.6 Å². The number of ketones is 2. The summed E-state index contributed by atoms with van der Waals surface area (Å²) >= 11 is 0. The van der Waals surface area contributed by atoms with Gasteiger partial charge in [0.05, 0.1) is 11.3 Å². The lowest BCUT2D eigenvalue weighted by Gasteiger charge is -1.99. The van der Waals surface area contributed by atoms with Gasteiger partial charge >= 0.3 is 0 Å². The van der Waals surface area contributed by atoms with E-state index in [-0.39, 0.29) is 30.1 Å². The smallest absolute Gasteiger partial charge is 0.269 e. The van der Waals surface area contributed by atoms with Gasteiger partial charge in [-0.1, -0.05) is 12.1 Å². The van der Waals surface area contributed by atoms with Gasteiger partial charge in [0, 0.05) is 18.6 Å². The van der Waals surface area contributed by atoms with Crippen LogP contribution in [0.4, 0.5) is 5.69 Å². The lowest BCUT2D eigenvalue weighted by molar-refractivity contribution is -0.384. The summed E-state index contributed by atoms with van der Waals surface area (Å²) in [6, 6.07) is 5.74. The SMILES string of the molecule is CC(=O)CC(=O)Cc1ccc([N+](=O)[O-])cc1. The van der Waals surface area contributed by atoms with Crippen LogP contribution in [-0.4, -0.2) is 16.5 Å². The molecule has 0 aliphatic carbocycles. The number of carbonyl (C=O) groups is 2. The van der Waals surface area contributed by atoms with Gasteiger partial charge < -0.3 is 0 Å². The van der Waals surface area contributed by atoms with Crippen LogP contribution in [0.2, 0.25) is 0 Å². The van der Waals surface area contributed by atoms with E-state index in [0.717, 1.165) is 0 Å². The molecule has 0 saturated heterocycles. The van der Waals surface area contributed by atoms with E-state index in [0.29, 0.717) is 5.56 Å². The quantitative estimate of drug-likeness (QED) is 0.430. The number of benzene rings is 1. The highest BCUT2D eigenvalue weighted by Crippen LogP contribution is 2.12. The molecule has 16 heavy (non-hydrogen) atoms. The molecule has 0 heterocycles. The lowest BCUT2D eigenvalue weighted by atomic mass is 10.1. The standard InChI is InChI=1S/C11H11NO4/c1-8(13)6-11(14)7-9-2-4-10(5-3-9)12(15)16/h2-5H,6-7H2,1H3. The van der Waals surface area contributed by atoms with E-state index in [1.807, 2.05) is 0 Å². The van der Waals surface area contributed by atoms with E-state index in [4.69, 9.17) is 0 Å². The van der Waals surface area contributed by atoms with Gasteiger partial charge in [0.15, 0.2) is 0 Å². The molecule has 1 aromatic rings. The van der Waals surface area contributed by atoms with Crippen LogP contribution in [0.1, 0.15) is 18.9 Å². The number of nitrogens with zero attached hydrogens (tertiary/aromatic N) is 1. The van der Waals surface area contributed by atoms with Crippen LogP contribution in [0.15, 0.2) is 24.3 Å². The van der Waals surface area contributed by atoms with E-state index < -0.39 is 4.92 Å². The second-order valence-corrected chi connectivity index (χ2v) is 3.52. The van der Waals surface area contributed by atoms with Crippen molar-refractivity contribution in [3.63, 3.8) is 0 Å². The lowest BCUT2D eigenvalue weighted by Crippen LogP contribution is -2.07. The van der Waals surface area contributed by atoms with Crippen LogP contribution in [0, 0.1) is 10.1 Å². The summed E-state index contributed by atoms with van der Waals surface area (Å²) in [6.07, 6.45) is 0.0502. The molecular formula is C11H11NO4. The molecule has 0 amide bonds. The van der Waals surface area contributed by atoms with E-state index >= 15 is 0 Å². The highest BCUT2D eigenvalue weighted by molar-refractivity contribution is 5.98. The number of carbonyl (C=O) groups excluding carboxylic acids is 2. The minimum absolute atomic E-state index is 0.0113. The molecule has 5 nitrogen and oxygen atoms in total. The molecular weight excluding hydrogens is 210 g/mol. The zero-order valence-corrected chi connectivity index (χ0v) is 8.80. The van der Waals surface area contributed by atoms with Crippen LogP contribution < -0.4 is 0 Å². The molecule has 0 fully saturated rings. The molecule has 1 rings (SSSR count). The number of rotatable bonds is 5. The van der Waals surface area contributed by atoms with Gasteiger partial charge in [-0.05, 0) is 12.5 Å². The average Bonchev–Trinajstić information content (AvgIpc) is 2.16. The number of nitro groups is 1. The first-order chi connectivity index (χ1) is 7.49. The van der Waals surface area contributed by atoms with Crippen LogP contribution in [0.5, 0.6) is 0 Å². The fraction of sp³-hybridized carbons (Fsp3) is 0.273. The van der Waals surface area contributed by atoms with Gasteiger partial charge in [0.25, 0.3) is 5.69 Å². The van der Waals surface area contributed by atoms with Crippen molar-refractivity contribution in [3.05, 3.63) is 39.9 Å². The van der Waals surface area contributed by atoms with E-state index in [1.165, 1.54) is 31.2 Å². The van der Waals surface area contributed by atoms with Crippen molar-refractivity contribution in [1.29, 1.82) is 0 Å². The maximum Gasteiger partial charge on any atom is 0.269 e. The van der Waals surface area contributed by atoms with E-state index in [1.54, 1.807) is 0 Å². The fourth-order valence-corrected chi connectivity index (χ4v) is 1.30. The highest BCUT2D eigenvalue weighted by Gasteiger charge is 2.08. The normalized spacial score (nSPS) is 9.81. The molecule has 0 atom stereocenters. The van der Waals surface area contributed by atoms with Crippen molar-refractivity contribution in [2.75, 3.05) is 0 Å². The van der Waals surface area contributed by atoms with E-state index in [2.05, 4.69) is 0 Å². The Morgan fingerprint density at radius 3 is 2.25 bits per heavy atom. The largest absolute Gasteiger partial charge is 0.300 e. The molecule has 0 N–H and O–H groups in total.